The number of aliphatic hydroxyl groups is 3. The van der Waals surface area contributed by atoms with Gasteiger partial charge in [-0.05, 0) is 104 Å². The highest BCUT2D eigenvalue weighted by atomic mass is 16.3. The summed E-state index contributed by atoms with van der Waals surface area (Å²) < 4.78 is 0. The third kappa shape index (κ3) is 4.34. The molecule has 5 aliphatic rings. The van der Waals surface area contributed by atoms with Crippen LogP contribution in [-0.2, 0) is 4.79 Å². The summed E-state index contributed by atoms with van der Waals surface area (Å²) in [5.41, 5.74) is -0.737. The van der Waals surface area contributed by atoms with Crippen molar-refractivity contribution in [1.82, 2.24) is 4.90 Å². The van der Waals surface area contributed by atoms with Gasteiger partial charge in [-0.2, -0.15) is 0 Å². The Labute approximate surface area is 218 Å². The van der Waals surface area contributed by atoms with Gasteiger partial charge in [-0.3, -0.25) is 4.79 Å². The van der Waals surface area contributed by atoms with Gasteiger partial charge in [0.1, 0.15) is 5.60 Å². The molecular formula is C31H49NO4. The lowest BCUT2D eigenvalue weighted by Gasteiger charge is -2.62. The number of hydrogen-bond acceptors (Lipinski definition) is 4. The number of terminal acetylenes is 1. The number of piperidine rings is 1. The van der Waals surface area contributed by atoms with E-state index >= 15 is 0 Å². The number of hydrogen-bond donors (Lipinski definition) is 3. The van der Waals surface area contributed by atoms with Crippen molar-refractivity contribution in [1.29, 1.82) is 0 Å². The van der Waals surface area contributed by atoms with Crippen LogP contribution < -0.4 is 0 Å². The van der Waals surface area contributed by atoms with Crippen LogP contribution in [0, 0.1) is 58.7 Å². The Bertz CT molecular complexity index is 874. The van der Waals surface area contributed by atoms with E-state index in [-0.39, 0.29) is 28.9 Å². The number of aliphatic hydroxyl groups excluding tert-OH is 2. The van der Waals surface area contributed by atoms with Gasteiger partial charge in [0.25, 0.3) is 0 Å². The monoisotopic (exact) mass is 499 g/mol. The predicted molar refractivity (Wildman–Crippen MR) is 141 cm³/mol. The summed E-state index contributed by atoms with van der Waals surface area (Å²) in [6.07, 6.45) is 16.1. The third-order valence-electron chi connectivity index (χ3n) is 12.4. The van der Waals surface area contributed by atoms with Crippen molar-refractivity contribution in [3.8, 4) is 12.3 Å². The molecule has 0 unspecified atom stereocenters. The summed E-state index contributed by atoms with van der Waals surface area (Å²) in [6.45, 7) is 8.31. The third-order valence-corrected chi connectivity index (χ3v) is 12.4. The first-order chi connectivity index (χ1) is 17.0. The largest absolute Gasteiger partial charge is 0.393 e. The van der Waals surface area contributed by atoms with Crippen molar-refractivity contribution in [3.05, 3.63) is 0 Å². The van der Waals surface area contributed by atoms with E-state index in [1.54, 1.807) is 0 Å². The van der Waals surface area contributed by atoms with Crippen LogP contribution in [-0.4, -0.2) is 57.0 Å². The molecule has 5 nitrogen and oxygen atoms in total. The maximum atomic E-state index is 12.9. The van der Waals surface area contributed by atoms with Crippen LogP contribution in [0.3, 0.4) is 0 Å². The quantitative estimate of drug-likeness (QED) is 0.502. The molecule has 5 heteroatoms. The smallest absolute Gasteiger partial charge is 0.222 e. The van der Waals surface area contributed by atoms with Crippen LogP contribution in [0.1, 0.15) is 97.8 Å². The molecule has 0 aromatic rings. The minimum absolute atomic E-state index is 0.148. The van der Waals surface area contributed by atoms with Crippen LogP contribution >= 0.6 is 0 Å². The van der Waals surface area contributed by atoms with Gasteiger partial charge >= 0.3 is 0 Å². The van der Waals surface area contributed by atoms with Gasteiger partial charge in [-0.25, -0.2) is 0 Å². The molecule has 36 heavy (non-hydrogen) atoms. The Hall–Kier alpha value is -1.09. The second-order valence-corrected chi connectivity index (χ2v) is 14.0. The Morgan fingerprint density at radius 2 is 1.78 bits per heavy atom. The number of likely N-dealkylation sites (tertiary alicyclic amines) is 1. The molecule has 4 aliphatic carbocycles. The number of carbonyl (C=O) groups is 1. The van der Waals surface area contributed by atoms with Crippen LogP contribution in [0.2, 0.25) is 0 Å². The lowest BCUT2D eigenvalue weighted by Crippen LogP contribution is -2.59. The molecule has 0 radical (unpaired) electrons. The Balaban J connectivity index is 1.22. The minimum atomic E-state index is -1.05. The first kappa shape index (κ1) is 26.5. The fourth-order valence-electron chi connectivity index (χ4n) is 10.3. The summed E-state index contributed by atoms with van der Waals surface area (Å²) in [5, 5.41) is 32.3. The first-order valence-corrected chi connectivity index (χ1v) is 14.8. The maximum Gasteiger partial charge on any atom is 0.222 e. The predicted octanol–water partition coefficient (Wildman–Crippen LogP) is 4.38. The van der Waals surface area contributed by atoms with Gasteiger partial charge in [0.15, 0.2) is 0 Å². The molecule has 3 N–H and O–H groups in total. The van der Waals surface area contributed by atoms with Gasteiger partial charge in [0.05, 0.1) is 12.2 Å². The zero-order valence-corrected chi connectivity index (χ0v) is 22.8. The zero-order chi connectivity index (χ0) is 25.9. The van der Waals surface area contributed by atoms with Crippen LogP contribution in [0.15, 0.2) is 0 Å². The highest BCUT2D eigenvalue weighted by Crippen LogP contribution is 2.68. The topological polar surface area (TPSA) is 81.0 Å². The summed E-state index contributed by atoms with van der Waals surface area (Å²) in [6, 6.07) is 0. The molecule has 202 valence electrons. The summed E-state index contributed by atoms with van der Waals surface area (Å²) in [5.74, 6) is 5.87. The molecule has 0 spiro atoms. The number of fused-ring (bicyclic) bond motifs is 5. The van der Waals surface area contributed by atoms with Gasteiger partial charge in [-0.1, -0.05) is 26.7 Å². The molecule has 1 aliphatic heterocycles. The van der Waals surface area contributed by atoms with E-state index < -0.39 is 5.60 Å². The van der Waals surface area contributed by atoms with E-state index in [9.17, 15) is 20.1 Å². The maximum absolute atomic E-state index is 12.9. The summed E-state index contributed by atoms with van der Waals surface area (Å²) in [7, 11) is 0. The molecule has 0 aromatic carbocycles. The van der Waals surface area contributed by atoms with E-state index in [0.29, 0.717) is 67.9 Å². The second kappa shape index (κ2) is 9.58. The van der Waals surface area contributed by atoms with Crippen molar-refractivity contribution in [2.24, 2.45) is 46.3 Å². The van der Waals surface area contributed by atoms with E-state index in [1.807, 2.05) is 4.90 Å². The molecule has 5 rings (SSSR count). The Kier molecular flexibility index (Phi) is 7.06. The van der Waals surface area contributed by atoms with E-state index in [2.05, 4.69) is 26.7 Å². The van der Waals surface area contributed by atoms with Crippen molar-refractivity contribution in [3.63, 3.8) is 0 Å². The number of carbonyl (C=O) groups excluding carboxylic acids is 1. The van der Waals surface area contributed by atoms with Crippen molar-refractivity contribution < 1.29 is 20.1 Å². The zero-order valence-electron chi connectivity index (χ0n) is 22.8. The van der Waals surface area contributed by atoms with E-state index in [1.165, 1.54) is 25.7 Å². The second-order valence-electron chi connectivity index (χ2n) is 14.0. The van der Waals surface area contributed by atoms with E-state index in [4.69, 9.17) is 6.42 Å². The first-order valence-electron chi connectivity index (χ1n) is 14.8. The molecule has 10 atom stereocenters. The van der Waals surface area contributed by atoms with Gasteiger partial charge < -0.3 is 20.2 Å². The number of amides is 1. The fourth-order valence-corrected chi connectivity index (χ4v) is 10.3. The molecule has 1 heterocycles. The lowest BCUT2D eigenvalue weighted by atomic mass is 9.43. The van der Waals surface area contributed by atoms with Crippen LogP contribution in [0.5, 0.6) is 0 Å². The lowest BCUT2D eigenvalue weighted by molar-refractivity contribution is -0.179. The molecule has 1 amide bonds. The average molecular weight is 500 g/mol. The molecule has 1 saturated heterocycles. The Morgan fingerprint density at radius 3 is 2.47 bits per heavy atom. The molecular weight excluding hydrogens is 450 g/mol. The number of rotatable bonds is 4. The van der Waals surface area contributed by atoms with Crippen LogP contribution in [0.25, 0.3) is 0 Å². The number of nitrogens with zero attached hydrogens (tertiary/aromatic N) is 1. The van der Waals surface area contributed by atoms with Gasteiger partial charge in [0, 0.05) is 32.4 Å². The SMILES string of the molecule is C#CC1(O)CCN(C(=O)CC[C@@H](C)[C@H]2CC[C@H]3[C@@H]4CC[C@H]5C[C@@H](O)CC[C@]5(C)[C@H]4[C@@H](O)C[C@]23C)CC1. The van der Waals surface area contributed by atoms with Crippen LogP contribution in [0.4, 0.5) is 0 Å². The molecule has 5 fully saturated rings. The normalized spacial score (nSPS) is 46.7. The average Bonchev–Trinajstić information content (AvgIpc) is 3.19. The summed E-state index contributed by atoms with van der Waals surface area (Å²) >= 11 is 0. The minimum Gasteiger partial charge on any atom is -0.393 e. The van der Waals surface area contributed by atoms with Crippen molar-refractivity contribution in [2.75, 3.05) is 13.1 Å². The summed E-state index contributed by atoms with van der Waals surface area (Å²) in [4.78, 5) is 14.8. The van der Waals surface area contributed by atoms with Crippen molar-refractivity contribution >= 4 is 5.91 Å². The highest BCUT2D eigenvalue weighted by Gasteiger charge is 2.63. The highest BCUT2D eigenvalue weighted by molar-refractivity contribution is 5.76. The standard InChI is InChI=1S/C31H49NO4/c1-5-31(36)14-16-32(17-15-31)27(35)11-6-20(2)24-9-10-25-23-8-7-21-18-22(33)12-13-29(21,3)28(23)26(34)19-30(24,25)4/h1,20-26,28,33-34,36H,6-19H2,2-4H3/t20-,21+,22+,23+,24-,25+,26+,28-,29+,30-/m1/s1. The van der Waals surface area contributed by atoms with Crippen molar-refractivity contribution in [2.45, 2.75) is 116 Å². The molecule has 4 saturated carbocycles. The Morgan fingerprint density at radius 1 is 1.06 bits per heavy atom. The molecule has 0 bridgehead atoms. The molecule has 0 aromatic heterocycles. The van der Waals surface area contributed by atoms with E-state index in [0.717, 1.165) is 32.1 Å². The fraction of sp³-hybridized carbons (Fsp3) is 0.903. The van der Waals surface area contributed by atoms with Gasteiger partial charge in [0.2, 0.25) is 5.91 Å². The van der Waals surface area contributed by atoms with Gasteiger partial charge in [-0.15, -0.1) is 6.42 Å².